The lowest BCUT2D eigenvalue weighted by atomic mass is 10.0. The van der Waals surface area contributed by atoms with Crippen LogP contribution in [0.5, 0.6) is 0 Å². The summed E-state index contributed by atoms with van der Waals surface area (Å²) in [4.78, 5) is 24.8. The summed E-state index contributed by atoms with van der Waals surface area (Å²) in [6.07, 6.45) is 3.61. The molecule has 0 amide bonds. The van der Waals surface area contributed by atoms with Crippen LogP contribution in [0, 0.1) is 13.8 Å². The maximum Gasteiger partial charge on any atom is 0.192 e. The van der Waals surface area contributed by atoms with E-state index in [-0.39, 0.29) is 5.43 Å². The first-order valence-electron chi connectivity index (χ1n) is 8.14. The number of benzene rings is 1. The molecule has 0 aliphatic heterocycles. The van der Waals surface area contributed by atoms with Crippen LogP contribution >= 0.6 is 0 Å². The van der Waals surface area contributed by atoms with Gasteiger partial charge >= 0.3 is 0 Å². The number of aryl methyl sites for hydroxylation is 1. The zero-order valence-corrected chi connectivity index (χ0v) is 14.1. The van der Waals surface area contributed by atoms with E-state index in [0.29, 0.717) is 10.9 Å². The van der Waals surface area contributed by atoms with Crippen molar-refractivity contribution >= 4 is 10.9 Å². The average Bonchev–Trinajstić information content (AvgIpc) is 2.65. The Morgan fingerprint density at radius 2 is 1.60 bits per heavy atom. The molecule has 4 nitrogen and oxygen atoms in total. The normalized spacial score (nSPS) is 11.0. The molecule has 0 spiro atoms. The van der Waals surface area contributed by atoms with Gasteiger partial charge in [0, 0.05) is 45.7 Å². The lowest BCUT2D eigenvalue weighted by Gasteiger charge is -2.09. The maximum atomic E-state index is 12.6. The first-order valence-corrected chi connectivity index (χ1v) is 8.14. The van der Waals surface area contributed by atoms with E-state index >= 15 is 0 Å². The van der Waals surface area contributed by atoms with E-state index in [1.165, 1.54) is 0 Å². The second kappa shape index (κ2) is 5.98. The van der Waals surface area contributed by atoms with Gasteiger partial charge in [-0.25, -0.2) is 0 Å². The SMILES string of the molecule is Cc1ccc(-c2ccc(-c3[nH]c4ccccc4c(=O)c3C)cn2)cn1. The first kappa shape index (κ1) is 15.3. The van der Waals surface area contributed by atoms with Crippen LogP contribution in [0.3, 0.4) is 0 Å². The van der Waals surface area contributed by atoms with Gasteiger partial charge < -0.3 is 4.98 Å². The Hall–Kier alpha value is -3.27. The van der Waals surface area contributed by atoms with Gasteiger partial charge in [-0.15, -0.1) is 0 Å². The number of fused-ring (bicyclic) bond motifs is 1. The van der Waals surface area contributed by atoms with Gasteiger partial charge in [-0.05, 0) is 50.2 Å². The third kappa shape index (κ3) is 2.72. The monoisotopic (exact) mass is 327 g/mol. The zero-order chi connectivity index (χ0) is 17.4. The predicted molar refractivity (Wildman–Crippen MR) is 101 cm³/mol. The van der Waals surface area contributed by atoms with Crippen molar-refractivity contribution in [3.8, 4) is 22.5 Å². The minimum atomic E-state index is 0.0520. The minimum Gasteiger partial charge on any atom is -0.354 e. The standard InChI is InChI=1S/C21H17N3O/c1-13-7-8-15(11-22-13)18-10-9-16(12-23-18)20-14(2)21(25)17-5-3-4-6-19(17)24-20/h3-12H,1-2H3,(H,24,25). The Morgan fingerprint density at radius 1 is 0.840 bits per heavy atom. The van der Waals surface area contributed by atoms with Crippen molar-refractivity contribution in [2.24, 2.45) is 0 Å². The number of rotatable bonds is 2. The highest BCUT2D eigenvalue weighted by Crippen LogP contribution is 2.24. The van der Waals surface area contributed by atoms with E-state index in [1.807, 2.05) is 68.6 Å². The van der Waals surface area contributed by atoms with Crippen LogP contribution in [0.15, 0.2) is 65.7 Å². The largest absolute Gasteiger partial charge is 0.354 e. The van der Waals surface area contributed by atoms with Gasteiger partial charge in [-0.2, -0.15) is 0 Å². The molecule has 3 heterocycles. The van der Waals surface area contributed by atoms with E-state index in [0.717, 1.165) is 33.7 Å². The molecule has 0 saturated heterocycles. The van der Waals surface area contributed by atoms with Crippen molar-refractivity contribution in [1.29, 1.82) is 0 Å². The van der Waals surface area contributed by atoms with Crippen molar-refractivity contribution in [1.82, 2.24) is 15.0 Å². The summed E-state index contributed by atoms with van der Waals surface area (Å²) in [7, 11) is 0. The van der Waals surface area contributed by atoms with Crippen molar-refractivity contribution in [2.75, 3.05) is 0 Å². The van der Waals surface area contributed by atoms with Gasteiger partial charge in [0.05, 0.1) is 11.4 Å². The second-order valence-corrected chi connectivity index (χ2v) is 6.12. The number of para-hydroxylation sites is 1. The topological polar surface area (TPSA) is 58.6 Å². The van der Waals surface area contributed by atoms with E-state index in [9.17, 15) is 4.79 Å². The fraction of sp³-hybridized carbons (Fsp3) is 0.0952. The quantitative estimate of drug-likeness (QED) is 0.598. The second-order valence-electron chi connectivity index (χ2n) is 6.12. The molecule has 0 aliphatic rings. The number of hydrogen-bond acceptors (Lipinski definition) is 3. The molecule has 0 radical (unpaired) electrons. The Labute approximate surface area is 145 Å². The van der Waals surface area contributed by atoms with Crippen LogP contribution in [0.1, 0.15) is 11.3 Å². The molecule has 4 rings (SSSR count). The van der Waals surface area contributed by atoms with Gasteiger partial charge in [0.25, 0.3) is 0 Å². The van der Waals surface area contributed by atoms with Gasteiger partial charge in [0.15, 0.2) is 5.43 Å². The Kier molecular flexibility index (Phi) is 3.65. The van der Waals surface area contributed by atoms with E-state index < -0.39 is 0 Å². The summed E-state index contributed by atoms with van der Waals surface area (Å²) >= 11 is 0. The number of H-pyrrole nitrogens is 1. The summed E-state index contributed by atoms with van der Waals surface area (Å²) in [6, 6.07) is 15.5. The van der Waals surface area contributed by atoms with Crippen molar-refractivity contribution in [2.45, 2.75) is 13.8 Å². The molecule has 0 unspecified atom stereocenters. The molecule has 1 aromatic carbocycles. The number of pyridine rings is 3. The number of hydrogen-bond donors (Lipinski definition) is 1. The lowest BCUT2D eigenvalue weighted by Crippen LogP contribution is -2.09. The van der Waals surface area contributed by atoms with Crippen LogP contribution < -0.4 is 5.43 Å². The number of aromatic nitrogens is 3. The Bertz CT molecular complexity index is 1110. The van der Waals surface area contributed by atoms with Crippen LogP contribution in [0.2, 0.25) is 0 Å². The third-order valence-corrected chi connectivity index (χ3v) is 4.41. The molecular formula is C21H17N3O. The lowest BCUT2D eigenvalue weighted by molar-refractivity contribution is 1.19. The van der Waals surface area contributed by atoms with Gasteiger partial charge in [-0.3, -0.25) is 14.8 Å². The molecular weight excluding hydrogens is 310 g/mol. The summed E-state index contributed by atoms with van der Waals surface area (Å²) in [5, 5.41) is 0.707. The Balaban J connectivity index is 1.80. The Morgan fingerprint density at radius 3 is 2.32 bits per heavy atom. The fourth-order valence-corrected chi connectivity index (χ4v) is 2.95. The molecule has 0 saturated carbocycles. The fourth-order valence-electron chi connectivity index (χ4n) is 2.95. The highest BCUT2D eigenvalue weighted by molar-refractivity contribution is 5.83. The molecule has 0 bridgehead atoms. The first-order chi connectivity index (χ1) is 12.1. The minimum absolute atomic E-state index is 0.0520. The molecule has 4 aromatic rings. The third-order valence-electron chi connectivity index (χ3n) is 4.41. The van der Waals surface area contributed by atoms with Gasteiger partial charge in [0.1, 0.15) is 0 Å². The van der Waals surface area contributed by atoms with Crippen molar-refractivity contribution in [3.05, 3.63) is 82.4 Å². The molecule has 1 N–H and O–H groups in total. The van der Waals surface area contributed by atoms with Crippen LogP contribution in [0.4, 0.5) is 0 Å². The smallest absolute Gasteiger partial charge is 0.192 e. The summed E-state index contributed by atoms with van der Waals surface area (Å²) < 4.78 is 0. The van der Waals surface area contributed by atoms with Gasteiger partial charge in [-0.1, -0.05) is 12.1 Å². The summed E-state index contributed by atoms with van der Waals surface area (Å²) in [5.74, 6) is 0. The highest BCUT2D eigenvalue weighted by Gasteiger charge is 2.10. The highest BCUT2D eigenvalue weighted by atomic mass is 16.1. The molecule has 0 fully saturated rings. The van der Waals surface area contributed by atoms with Crippen molar-refractivity contribution in [3.63, 3.8) is 0 Å². The molecule has 25 heavy (non-hydrogen) atoms. The zero-order valence-electron chi connectivity index (χ0n) is 14.1. The number of nitrogens with zero attached hydrogens (tertiary/aromatic N) is 2. The predicted octanol–water partition coefficient (Wildman–Crippen LogP) is 4.27. The van der Waals surface area contributed by atoms with Gasteiger partial charge in [0.2, 0.25) is 0 Å². The van der Waals surface area contributed by atoms with Crippen LogP contribution in [0.25, 0.3) is 33.4 Å². The molecule has 0 aliphatic carbocycles. The molecule has 122 valence electrons. The van der Waals surface area contributed by atoms with Crippen LogP contribution in [-0.4, -0.2) is 15.0 Å². The summed E-state index contributed by atoms with van der Waals surface area (Å²) in [5.41, 5.74) is 6.10. The molecule has 0 atom stereocenters. The van der Waals surface area contributed by atoms with E-state index in [1.54, 1.807) is 6.20 Å². The van der Waals surface area contributed by atoms with Crippen molar-refractivity contribution < 1.29 is 0 Å². The average molecular weight is 327 g/mol. The van der Waals surface area contributed by atoms with E-state index in [4.69, 9.17) is 0 Å². The molecule has 4 heteroatoms. The van der Waals surface area contributed by atoms with Crippen LogP contribution in [-0.2, 0) is 0 Å². The number of aromatic amines is 1. The summed E-state index contributed by atoms with van der Waals surface area (Å²) in [6.45, 7) is 3.80. The number of nitrogens with one attached hydrogen (secondary N) is 1. The maximum absolute atomic E-state index is 12.6. The molecule has 3 aromatic heterocycles. The van der Waals surface area contributed by atoms with E-state index in [2.05, 4.69) is 15.0 Å².